The van der Waals surface area contributed by atoms with Crippen molar-refractivity contribution < 1.29 is 0 Å². The van der Waals surface area contributed by atoms with Gasteiger partial charge in [-0.25, -0.2) is 4.99 Å². The van der Waals surface area contributed by atoms with Gasteiger partial charge in [-0.05, 0) is 52.6 Å². The summed E-state index contributed by atoms with van der Waals surface area (Å²) in [6, 6.07) is 25.1. The van der Waals surface area contributed by atoms with Gasteiger partial charge in [-0.3, -0.25) is 0 Å². The van der Waals surface area contributed by atoms with Crippen molar-refractivity contribution in [3.63, 3.8) is 0 Å². The first-order valence-electron chi connectivity index (χ1n) is 8.39. The summed E-state index contributed by atoms with van der Waals surface area (Å²) in [5.41, 5.74) is 10.4. The first-order valence-corrected chi connectivity index (χ1v) is 8.39. The number of aliphatic imine (C=N–C) groups is 1. The number of rotatable bonds is 1. The molecule has 0 atom stereocenters. The summed E-state index contributed by atoms with van der Waals surface area (Å²) in [6.07, 6.45) is 1.92. The lowest BCUT2D eigenvalue weighted by atomic mass is 9.97. The average Bonchev–Trinajstić information content (AvgIpc) is 2.67. The molecule has 5 rings (SSSR count). The van der Waals surface area contributed by atoms with Crippen molar-refractivity contribution in [2.24, 2.45) is 4.99 Å². The van der Waals surface area contributed by atoms with Crippen molar-refractivity contribution in [1.82, 2.24) is 0 Å². The zero-order valence-electron chi connectivity index (χ0n) is 13.7. The zero-order valence-corrected chi connectivity index (χ0v) is 13.7. The molecule has 0 amide bonds. The summed E-state index contributed by atoms with van der Waals surface area (Å²) >= 11 is 0. The molecule has 4 aromatic carbocycles. The molecule has 1 heterocycles. The van der Waals surface area contributed by atoms with Gasteiger partial charge in [-0.15, -0.1) is 0 Å². The molecule has 120 valence electrons. The molecule has 0 fully saturated rings. The molecule has 2 N–H and O–H groups in total. The molecular weight excluding hydrogens is 306 g/mol. The van der Waals surface area contributed by atoms with Gasteiger partial charge in [0.05, 0.1) is 18.6 Å². The lowest BCUT2D eigenvalue weighted by molar-refractivity contribution is 1.01. The number of anilines is 2. The number of hydrogen-bond donors (Lipinski definition) is 1. The Bertz CT molecular complexity index is 1130. The Balaban J connectivity index is 1.71. The lowest BCUT2D eigenvalue weighted by Crippen LogP contribution is -2.23. The van der Waals surface area contributed by atoms with E-state index >= 15 is 0 Å². The molecule has 0 saturated carbocycles. The van der Waals surface area contributed by atoms with Crippen LogP contribution < -0.4 is 10.6 Å². The summed E-state index contributed by atoms with van der Waals surface area (Å²) < 4.78 is 0. The molecule has 3 nitrogen and oxygen atoms in total. The summed E-state index contributed by atoms with van der Waals surface area (Å²) in [5, 5.41) is 4.72. The van der Waals surface area contributed by atoms with Gasteiger partial charge in [0, 0.05) is 22.3 Å². The van der Waals surface area contributed by atoms with E-state index in [1.54, 1.807) is 0 Å². The van der Waals surface area contributed by atoms with Gasteiger partial charge in [0.1, 0.15) is 0 Å². The Kier molecular flexibility index (Phi) is 3.01. The van der Waals surface area contributed by atoms with E-state index in [1.807, 2.05) is 24.5 Å². The van der Waals surface area contributed by atoms with Crippen LogP contribution in [0, 0.1) is 0 Å². The van der Waals surface area contributed by atoms with Gasteiger partial charge < -0.3 is 10.6 Å². The summed E-state index contributed by atoms with van der Waals surface area (Å²) in [4.78, 5) is 6.86. The Morgan fingerprint density at radius 2 is 1.60 bits per heavy atom. The average molecular weight is 323 g/mol. The Morgan fingerprint density at radius 1 is 0.800 bits per heavy atom. The van der Waals surface area contributed by atoms with E-state index < -0.39 is 0 Å². The lowest BCUT2D eigenvalue weighted by Gasteiger charge is -2.25. The predicted molar refractivity (Wildman–Crippen MR) is 107 cm³/mol. The zero-order chi connectivity index (χ0) is 16.8. The van der Waals surface area contributed by atoms with Crippen LogP contribution >= 0.6 is 0 Å². The molecule has 0 radical (unpaired) electrons. The highest BCUT2D eigenvalue weighted by Gasteiger charge is 2.16. The van der Waals surface area contributed by atoms with Crippen molar-refractivity contribution in [2.75, 3.05) is 10.6 Å². The second-order valence-corrected chi connectivity index (χ2v) is 6.41. The number of nitrogen functional groups attached to an aromatic ring is 1. The van der Waals surface area contributed by atoms with Crippen LogP contribution in [-0.4, -0.2) is 6.34 Å². The van der Waals surface area contributed by atoms with Gasteiger partial charge >= 0.3 is 0 Å². The van der Waals surface area contributed by atoms with Gasteiger partial charge in [0.15, 0.2) is 0 Å². The van der Waals surface area contributed by atoms with Crippen LogP contribution in [0.5, 0.6) is 0 Å². The molecule has 0 aliphatic carbocycles. The van der Waals surface area contributed by atoms with Crippen LogP contribution in [0.1, 0.15) is 5.56 Å². The minimum Gasteiger partial charge on any atom is -0.398 e. The smallest absolute Gasteiger partial charge is 0.0960 e. The molecule has 0 spiro atoms. The van der Waals surface area contributed by atoms with Crippen LogP contribution in [0.2, 0.25) is 0 Å². The SMILES string of the molecule is Nc1cccc2cc3c4c(ccc3cc12)N=CN(c1ccccc1)C4. The Morgan fingerprint density at radius 3 is 2.48 bits per heavy atom. The first-order chi connectivity index (χ1) is 12.3. The molecule has 0 saturated heterocycles. The van der Waals surface area contributed by atoms with Gasteiger partial charge in [-0.2, -0.15) is 0 Å². The molecule has 0 aromatic heterocycles. The van der Waals surface area contributed by atoms with E-state index in [1.165, 1.54) is 21.7 Å². The maximum Gasteiger partial charge on any atom is 0.0960 e. The predicted octanol–water partition coefficient (Wildman–Crippen LogP) is 5.26. The largest absolute Gasteiger partial charge is 0.398 e. The van der Waals surface area contributed by atoms with Crippen molar-refractivity contribution in [1.29, 1.82) is 0 Å². The second-order valence-electron chi connectivity index (χ2n) is 6.41. The third kappa shape index (κ3) is 2.24. The molecule has 1 aliphatic heterocycles. The van der Waals surface area contributed by atoms with Gasteiger partial charge in [0.2, 0.25) is 0 Å². The molecule has 0 bridgehead atoms. The number of hydrogen-bond acceptors (Lipinski definition) is 3. The number of para-hydroxylation sites is 1. The monoisotopic (exact) mass is 323 g/mol. The molecule has 4 aromatic rings. The highest BCUT2D eigenvalue weighted by Crippen LogP contribution is 2.36. The number of nitrogens with two attached hydrogens (primary N) is 1. The van der Waals surface area contributed by atoms with Gasteiger partial charge in [0.25, 0.3) is 0 Å². The number of nitrogens with zero attached hydrogens (tertiary/aromatic N) is 2. The van der Waals surface area contributed by atoms with Crippen molar-refractivity contribution in [3.05, 3.63) is 78.4 Å². The minimum absolute atomic E-state index is 0.814. The van der Waals surface area contributed by atoms with Crippen LogP contribution in [0.4, 0.5) is 17.1 Å². The first kappa shape index (κ1) is 14.1. The van der Waals surface area contributed by atoms with E-state index in [9.17, 15) is 0 Å². The quantitative estimate of drug-likeness (QED) is 0.384. The van der Waals surface area contributed by atoms with Crippen molar-refractivity contribution in [2.45, 2.75) is 6.54 Å². The normalized spacial score (nSPS) is 13.4. The third-order valence-corrected chi connectivity index (χ3v) is 4.89. The maximum absolute atomic E-state index is 6.15. The van der Waals surface area contributed by atoms with Crippen LogP contribution in [0.15, 0.2) is 77.8 Å². The topological polar surface area (TPSA) is 41.6 Å². The summed E-state index contributed by atoms with van der Waals surface area (Å²) in [6.45, 7) is 0.814. The fourth-order valence-electron chi connectivity index (χ4n) is 3.58. The Labute approximate surface area is 146 Å². The standard InChI is InChI=1S/C22H17N3/c23-21-8-4-5-15-11-18-16(12-19(15)21)9-10-22-20(18)13-25(14-24-22)17-6-2-1-3-7-17/h1-12,14H,13,23H2. The molecule has 3 heteroatoms. The van der Waals surface area contributed by atoms with Crippen LogP contribution in [0.3, 0.4) is 0 Å². The molecular formula is C22H17N3. The fourth-order valence-corrected chi connectivity index (χ4v) is 3.58. The highest BCUT2D eigenvalue weighted by atomic mass is 15.2. The van der Waals surface area contributed by atoms with E-state index in [-0.39, 0.29) is 0 Å². The molecule has 1 aliphatic rings. The second kappa shape index (κ2) is 5.35. The van der Waals surface area contributed by atoms with Crippen LogP contribution in [0.25, 0.3) is 21.5 Å². The molecule has 0 unspecified atom stereocenters. The van der Waals surface area contributed by atoms with Crippen molar-refractivity contribution in [3.8, 4) is 0 Å². The minimum atomic E-state index is 0.814. The molecule has 25 heavy (non-hydrogen) atoms. The van der Waals surface area contributed by atoms with Crippen LogP contribution in [-0.2, 0) is 6.54 Å². The summed E-state index contributed by atoms with van der Waals surface area (Å²) in [5.74, 6) is 0. The number of benzene rings is 4. The van der Waals surface area contributed by atoms with Crippen molar-refractivity contribution >= 4 is 44.9 Å². The van der Waals surface area contributed by atoms with E-state index in [4.69, 9.17) is 5.73 Å². The van der Waals surface area contributed by atoms with E-state index in [0.717, 1.165) is 29.0 Å². The summed E-state index contributed by atoms with van der Waals surface area (Å²) in [7, 11) is 0. The van der Waals surface area contributed by atoms with Gasteiger partial charge in [-0.1, -0.05) is 36.4 Å². The Hall–Kier alpha value is -3.33. The highest BCUT2D eigenvalue weighted by molar-refractivity contribution is 6.06. The third-order valence-electron chi connectivity index (χ3n) is 4.89. The number of fused-ring (bicyclic) bond motifs is 4. The maximum atomic E-state index is 6.15. The fraction of sp³-hybridized carbons (Fsp3) is 0.0455. The van der Waals surface area contributed by atoms with E-state index in [2.05, 4.69) is 64.5 Å². The van der Waals surface area contributed by atoms with E-state index in [0.29, 0.717) is 0 Å².